The van der Waals surface area contributed by atoms with E-state index in [1.807, 2.05) is 0 Å². The third-order valence-corrected chi connectivity index (χ3v) is 5.06. The molecule has 3 amide bonds. The van der Waals surface area contributed by atoms with Crippen LogP contribution in [0.4, 0.5) is 31.9 Å². The largest absolute Gasteiger partial charge is 0.447 e. The third-order valence-electron chi connectivity index (χ3n) is 5.06. The van der Waals surface area contributed by atoms with Gasteiger partial charge in [-0.3, -0.25) is 0 Å². The number of ether oxygens (including phenoxy) is 4. The van der Waals surface area contributed by atoms with Gasteiger partial charge >= 0.3 is 24.5 Å². The van der Waals surface area contributed by atoms with Gasteiger partial charge in [0.1, 0.15) is 31.7 Å². The zero-order valence-corrected chi connectivity index (χ0v) is 18.2. The first-order valence-electron chi connectivity index (χ1n) is 10.4. The van der Waals surface area contributed by atoms with E-state index in [9.17, 15) is 31.9 Å². The Hall–Kier alpha value is -3.33. The minimum atomic E-state index is -4.61. The van der Waals surface area contributed by atoms with Gasteiger partial charge in [-0.05, 0) is 12.1 Å². The van der Waals surface area contributed by atoms with Gasteiger partial charge in [0.25, 0.3) is 0 Å². The minimum absolute atomic E-state index is 0.000927. The highest BCUT2D eigenvalue weighted by Gasteiger charge is 2.34. The summed E-state index contributed by atoms with van der Waals surface area (Å²) in [5.41, 5.74) is -1.06. The number of alkyl halides is 3. The Bertz CT molecular complexity index is 926. The average molecular weight is 509 g/mol. The van der Waals surface area contributed by atoms with Gasteiger partial charge in [0.15, 0.2) is 0 Å². The van der Waals surface area contributed by atoms with E-state index in [0.29, 0.717) is 6.07 Å². The molecule has 1 aromatic carbocycles. The molecule has 3 heterocycles. The smallest absolute Gasteiger partial charge is 0.416 e. The zero-order chi connectivity index (χ0) is 25.6. The summed E-state index contributed by atoms with van der Waals surface area (Å²) in [6.07, 6.45) is -6.57. The summed E-state index contributed by atoms with van der Waals surface area (Å²) < 4.78 is 70.8. The Morgan fingerprint density at radius 3 is 2.23 bits per heavy atom. The van der Waals surface area contributed by atoms with E-state index in [4.69, 9.17) is 14.6 Å². The number of likely N-dealkylation sites (tertiary alicyclic amines) is 1. The van der Waals surface area contributed by atoms with E-state index < -0.39 is 41.9 Å². The number of aliphatic hydroxyl groups excluding tert-OH is 1. The second-order valence-corrected chi connectivity index (χ2v) is 7.78. The molecule has 3 aliphatic rings. The van der Waals surface area contributed by atoms with Crippen LogP contribution in [-0.2, 0) is 31.7 Å². The molecule has 0 bridgehead atoms. The Kier molecular flexibility index (Phi) is 8.56. The number of hydrogen-bond acceptors (Lipinski definition) is 8. The molecule has 1 aromatic rings. The number of cyclic esters (lactones) is 2. The number of benzene rings is 1. The highest BCUT2D eigenvalue weighted by atomic mass is 19.4. The number of alkyl carbamates (subject to hydrolysis) is 2. The lowest BCUT2D eigenvalue weighted by atomic mass is 10.1. The highest BCUT2D eigenvalue weighted by molar-refractivity contribution is 5.70. The number of carbonyl (C=O) groups excluding carboxylic acids is 3. The first kappa shape index (κ1) is 26.3. The van der Waals surface area contributed by atoms with E-state index in [1.54, 1.807) is 0 Å². The molecule has 3 aliphatic heterocycles. The summed E-state index contributed by atoms with van der Waals surface area (Å²) in [5.74, 6) is -0.999. The van der Waals surface area contributed by atoms with Gasteiger partial charge in [-0.1, -0.05) is 6.07 Å². The fourth-order valence-corrected chi connectivity index (χ4v) is 3.04. The number of hydrogen-bond donors (Lipinski definition) is 3. The summed E-state index contributed by atoms with van der Waals surface area (Å²) in [5, 5.41) is 13.2. The van der Waals surface area contributed by atoms with Crippen molar-refractivity contribution in [3.8, 4) is 0 Å². The SMILES string of the molecule is O=C1N[C@@H](CO)CO1.O=C1N[C@@H](COC(=O)N2CC(OCc3ccc(C(F)(F)F)cc3F)C2)CO1. The summed E-state index contributed by atoms with van der Waals surface area (Å²) >= 11 is 0. The van der Waals surface area contributed by atoms with Gasteiger partial charge in [0, 0.05) is 5.56 Å². The summed E-state index contributed by atoms with van der Waals surface area (Å²) in [6.45, 7) is 0.563. The number of carbonyl (C=O) groups is 3. The van der Waals surface area contributed by atoms with E-state index in [1.165, 1.54) is 4.90 Å². The molecule has 3 N–H and O–H groups in total. The van der Waals surface area contributed by atoms with Gasteiger partial charge in [0.2, 0.25) is 0 Å². The number of aliphatic hydroxyl groups is 1. The Morgan fingerprint density at radius 2 is 1.74 bits per heavy atom. The first-order chi connectivity index (χ1) is 16.5. The molecule has 0 aliphatic carbocycles. The van der Waals surface area contributed by atoms with Crippen LogP contribution in [0, 0.1) is 5.82 Å². The molecular formula is C20H23F4N3O8. The molecule has 35 heavy (non-hydrogen) atoms. The van der Waals surface area contributed by atoms with Crippen molar-refractivity contribution in [3.05, 3.63) is 35.1 Å². The fraction of sp³-hybridized carbons (Fsp3) is 0.550. The second-order valence-electron chi connectivity index (χ2n) is 7.78. The van der Waals surface area contributed by atoms with Crippen molar-refractivity contribution in [2.75, 3.05) is 39.5 Å². The van der Waals surface area contributed by atoms with Crippen molar-refractivity contribution in [2.24, 2.45) is 0 Å². The predicted octanol–water partition coefficient (Wildman–Crippen LogP) is 1.38. The van der Waals surface area contributed by atoms with Gasteiger partial charge in [0.05, 0.1) is 44.0 Å². The van der Waals surface area contributed by atoms with Crippen molar-refractivity contribution < 1.29 is 56.0 Å². The van der Waals surface area contributed by atoms with E-state index in [0.717, 1.165) is 12.1 Å². The van der Waals surface area contributed by atoms with Crippen molar-refractivity contribution in [3.63, 3.8) is 0 Å². The number of rotatable bonds is 6. The van der Waals surface area contributed by atoms with Crippen molar-refractivity contribution in [1.29, 1.82) is 0 Å². The molecule has 4 rings (SSSR count). The summed E-state index contributed by atoms with van der Waals surface area (Å²) in [4.78, 5) is 34.2. The zero-order valence-electron chi connectivity index (χ0n) is 18.2. The molecule has 3 fully saturated rings. The summed E-state index contributed by atoms with van der Waals surface area (Å²) in [6, 6.07) is 1.66. The second kappa shape index (κ2) is 11.4. The van der Waals surface area contributed by atoms with E-state index in [2.05, 4.69) is 20.1 Å². The lowest BCUT2D eigenvalue weighted by Gasteiger charge is -2.38. The first-order valence-corrected chi connectivity index (χ1v) is 10.4. The molecular weight excluding hydrogens is 486 g/mol. The minimum Gasteiger partial charge on any atom is -0.447 e. The lowest BCUT2D eigenvalue weighted by molar-refractivity contribution is -0.137. The van der Waals surface area contributed by atoms with Gasteiger partial charge in [-0.25, -0.2) is 18.8 Å². The molecule has 2 atom stereocenters. The van der Waals surface area contributed by atoms with Crippen LogP contribution in [0.5, 0.6) is 0 Å². The number of nitrogens with zero attached hydrogens (tertiary/aromatic N) is 1. The van der Waals surface area contributed by atoms with Crippen LogP contribution < -0.4 is 10.6 Å². The number of nitrogens with one attached hydrogen (secondary N) is 2. The van der Waals surface area contributed by atoms with Crippen LogP contribution in [0.2, 0.25) is 0 Å². The van der Waals surface area contributed by atoms with E-state index in [-0.39, 0.29) is 63.8 Å². The maximum Gasteiger partial charge on any atom is 0.416 e. The molecule has 3 saturated heterocycles. The van der Waals surface area contributed by atoms with Crippen LogP contribution in [0.1, 0.15) is 11.1 Å². The van der Waals surface area contributed by atoms with Crippen LogP contribution in [0.15, 0.2) is 18.2 Å². The predicted molar refractivity (Wildman–Crippen MR) is 107 cm³/mol. The van der Waals surface area contributed by atoms with Gasteiger partial charge in [-0.15, -0.1) is 0 Å². The van der Waals surface area contributed by atoms with Crippen molar-refractivity contribution >= 4 is 18.3 Å². The molecule has 0 radical (unpaired) electrons. The topological polar surface area (TPSA) is 136 Å². The Labute approximate surface area is 196 Å². The lowest BCUT2D eigenvalue weighted by Crippen LogP contribution is -2.55. The quantitative estimate of drug-likeness (QED) is 0.387. The van der Waals surface area contributed by atoms with Crippen LogP contribution >= 0.6 is 0 Å². The van der Waals surface area contributed by atoms with Crippen LogP contribution in [0.25, 0.3) is 0 Å². The molecule has 11 nitrogen and oxygen atoms in total. The molecule has 0 spiro atoms. The van der Waals surface area contributed by atoms with Gasteiger partial charge < -0.3 is 39.6 Å². The molecule has 0 unspecified atom stereocenters. The Balaban J connectivity index is 0.000000363. The Morgan fingerprint density at radius 1 is 1.11 bits per heavy atom. The summed E-state index contributed by atoms with van der Waals surface area (Å²) in [7, 11) is 0. The number of halogens is 4. The normalized spacial score (nSPS) is 21.7. The molecule has 0 aromatic heterocycles. The van der Waals surface area contributed by atoms with Crippen LogP contribution in [0.3, 0.4) is 0 Å². The standard InChI is InChI=1S/C16H16F4N2O5.C4H7NO3/c17-13-3-10(16(18,19)20)2-1-9(13)6-25-12-4-22(5-12)15(24)27-8-11-7-26-14(23)21-11;6-1-3-2-8-4(7)5-3/h1-3,11-12H,4-8H2,(H,21,23);3,6H,1-2H2,(H,5,7)/t11-;3-/m10/s1. The van der Waals surface area contributed by atoms with Crippen LogP contribution in [-0.4, -0.2) is 86.0 Å². The van der Waals surface area contributed by atoms with E-state index >= 15 is 0 Å². The maximum atomic E-state index is 13.7. The highest BCUT2D eigenvalue weighted by Crippen LogP contribution is 2.30. The molecule has 0 saturated carbocycles. The third kappa shape index (κ3) is 7.58. The van der Waals surface area contributed by atoms with Gasteiger partial charge in [-0.2, -0.15) is 13.2 Å². The van der Waals surface area contributed by atoms with Crippen molar-refractivity contribution in [2.45, 2.75) is 31.0 Å². The molecule has 194 valence electrons. The average Bonchev–Trinajstić information content (AvgIpc) is 3.39. The monoisotopic (exact) mass is 509 g/mol. The maximum absolute atomic E-state index is 13.7. The fourth-order valence-electron chi connectivity index (χ4n) is 3.04. The number of amides is 3. The molecule has 15 heteroatoms. The van der Waals surface area contributed by atoms with Crippen molar-refractivity contribution in [1.82, 2.24) is 15.5 Å².